The van der Waals surface area contributed by atoms with Crippen LogP contribution in [0.3, 0.4) is 0 Å². The molecule has 2 aliphatic heterocycles. The van der Waals surface area contributed by atoms with Gasteiger partial charge in [-0.05, 0) is 37.1 Å². The van der Waals surface area contributed by atoms with Crippen LogP contribution in [-0.4, -0.2) is 75.8 Å². The maximum atomic E-state index is 5.46. The van der Waals surface area contributed by atoms with Gasteiger partial charge < -0.3 is 20.3 Å². The second-order valence-corrected chi connectivity index (χ2v) is 7.38. The summed E-state index contributed by atoms with van der Waals surface area (Å²) < 4.78 is 5.46. The van der Waals surface area contributed by atoms with Crippen molar-refractivity contribution in [1.82, 2.24) is 20.4 Å². The third kappa shape index (κ3) is 5.69. The van der Waals surface area contributed by atoms with Crippen molar-refractivity contribution in [1.29, 1.82) is 0 Å². The fraction of sp³-hybridized carbons (Fsp3) is 0.650. The van der Waals surface area contributed by atoms with E-state index in [1.54, 1.807) is 0 Å². The molecule has 2 saturated heterocycles. The highest BCUT2D eigenvalue weighted by atomic mass is 16.5. The predicted octanol–water partition coefficient (Wildman–Crippen LogP) is 1.14. The van der Waals surface area contributed by atoms with Crippen molar-refractivity contribution in [3.8, 4) is 0 Å². The molecule has 144 valence electrons. The van der Waals surface area contributed by atoms with E-state index in [0.717, 1.165) is 51.9 Å². The average molecular weight is 360 g/mol. The van der Waals surface area contributed by atoms with Crippen molar-refractivity contribution in [3.05, 3.63) is 35.4 Å². The van der Waals surface area contributed by atoms with Crippen LogP contribution in [0.4, 0.5) is 0 Å². The summed E-state index contributed by atoms with van der Waals surface area (Å²) >= 11 is 0. The summed E-state index contributed by atoms with van der Waals surface area (Å²) in [6, 6.07) is 8.69. The van der Waals surface area contributed by atoms with Gasteiger partial charge in [-0.1, -0.05) is 24.3 Å². The maximum absolute atomic E-state index is 5.46. The van der Waals surface area contributed by atoms with Crippen LogP contribution in [0.25, 0.3) is 0 Å². The lowest BCUT2D eigenvalue weighted by molar-refractivity contribution is 0.0341. The molecule has 1 aromatic carbocycles. The van der Waals surface area contributed by atoms with Gasteiger partial charge in [-0.2, -0.15) is 0 Å². The minimum atomic E-state index is 0.715. The second kappa shape index (κ2) is 9.90. The van der Waals surface area contributed by atoms with Crippen molar-refractivity contribution < 1.29 is 4.74 Å². The molecule has 2 fully saturated rings. The minimum Gasteiger partial charge on any atom is -0.379 e. The number of benzene rings is 1. The first-order chi connectivity index (χ1) is 12.7. The van der Waals surface area contributed by atoms with Crippen LogP contribution in [0, 0.1) is 5.92 Å². The monoisotopic (exact) mass is 359 g/mol. The van der Waals surface area contributed by atoms with Crippen molar-refractivity contribution in [2.24, 2.45) is 10.9 Å². The molecule has 0 spiro atoms. The van der Waals surface area contributed by atoms with Gasteiger partial charge >= 0.3 is 0 Å². The number of guanidine groups is 1. The first-order valence-corrected chi connectivity index (χ1v) is 9.74. The molecular formula is C20H33N5O. The molecule has 6 nitrogen and oxygen atoms in total. The van der Waals surface area contributed by atoms with E-state index in [0.29, 0.717) is 5.92 Å². The van der Waals surface area contributed by atoms with E-state index >= 15 is 0 Å². The standard InChI is InChI=1S/C20H33N5O/c1-21-20(22-13-17-7-8-24(2)15-17)23-14-18-5-3-4-6-19(18)16-25-9-11-26-12-10-25/h3-6,17H,7-16H2,1-2H3,(H2,21,22,23). The Hall–Kier alpha value is -1.63. The Bertz CT molecular complexity index is 585. The number of nitrogens with zero attached hydrogens (tertiary/aromatic N) is 3. The van der Waals surface area contributed by atoms with Gasteiger partial charge in [-0.15, -0.1) is 0 Å². The molecule has 2 heterocycles. The number of hydrogen-bond acceptors (Lipinski definition) is 4. The molecule has 0 aliphatic carbocycles. The fourth-order valence-electron chi connectivity index (χ4n) is 3.72. The average Bonchev–Trinajstić information content (AvgIpc) is 3.09. The topological polar surface area (TPSA) is 52.1 Å². The molecule has 0 amide bonds. The van der Waals surface area contributed by atoms with Crippen LogP contribution < -0.4 is 10.6 Å². The molecule has 26 heavy (non-hydrogen) atoms. The summed E-state index contributed by atoms with van der Waals surface area (Å²) in [5.41, 5.74) is 2.72. The van der Waals surface area contributed by atoms with Gasteiger partial charge in [0.05, 0.1) is 13.2 Å². The van der Waals surface area contributed by atoms with Crippen LogP contribution in [0.15, 0.2) is 29.3 Å². The highest BCUT2D eigenvalue weighted by molar-refractivity contribution is 5.79. The largest absolute Gasteiger partial charge is 0.379 e. The predicted molar refractivity (Wildman–Crippen MR) is 106 cm³/mol. The van der Waals surface area contributed by atoms with Gasteiger partial charge in [0.1, 0.15) is 0 Å². The molecule has 2 N–H and O–H groups in total. The van der Waals surface area contributed by atoms with Crippen molar-refractivity contribution in [2.45, 2.75) is 19.5 Å². The van der Waals surface area contributed by atoms with Crippen molar-refractivity contribution >= 4 is 5.96 Å². The lowest BCUT2D eigenvalue weighted by atomic mass is 10.1. The van der Waals surface area contributed by atoms with Crippen LogP contribution >= 0.6 is 0 Å². The first kappa shape index (κ1) is 19.1. The zero-order valence-electron chi connectivity index (χ0n) is 16.2. The van der Waals surface area contributed by atoms with Gasteiger partial charge in [-0.3, -0.25) is 9.89 Å². The summed E-state index contributed by atoms with van der Waals surface area (Å²) in [5.74, 6) is 1.60. The normalized spacial score (nSPS) is 22.5. The number of nitrogens with one attached hydrogen (secondary N) is 2. The van der Waals surface area contributed by atoms with Gasteiger partial charge in [0.15, 0.2) is 5.96 Å². The van der Waals surface area contributed by atoms with Gasteiger partial charge in [0.25, 0.3) is 0 Å². The SMILES string of the molecule is CN=C(NCc1ccccc1CN1CCOCC1)NCC1CCN(C)C1. The highest BCUT2D eigenvalue weighted by Crippen LogP contribution is 2.14. The van der Waals surface area contributed by atoms with Crippen molar-refractivity contribution in [2.75, 3.05) is 60.0 Å². The Morgan fingerprint density at radius 1 is 1.15 bits per heavy atom. The van der Waals surface area contributed by atoms with E-state index < -0.39 is 0 Å². The maximum Gasteiger partial charge on any atom is 0.191 e. The Kier molecular flexibility index (Phi) is 7.29. The summed E-state index contributed by atoms with van der Waals surface area (Å²) in [5, 5.41) is 6.97. The number of ether oxygens (including phenoxy) is 1. The van der Waals surface area contributed by atoms with E-state index in [1.807, 2.05) is 7.05 Å². The van der Waals surface area contributed by atoms with Crippen LogP contribution in [-0.2, 0) is 17.8 Å². The Labute approximate surface area is 157 Å². The smallest absolute Gasteiger partial charge is 0.191 e. The molecule has 0 aromatic heterocycles. The van der Waals surface area contributed by atoms with Crippen LogP contribution in [0.1, 0.15) is 17.5 Å². The number of likely N-dealkylation sites (tertiary alicyclic amines) is 1. The number of morpholine rings is 1. The number of aliphatic imine (C=N–C) groups is 1. The zero-order chi connectivity index (χ0) is 18.2. The number of hydrogen-bond donors (Lipinski definition) is 2. The van der Waals surface area contributed by atoms with Gasteiger partial charge in [0, 0.05) is 46.3 Å². The van der Waals surface area contributed by atoms with E-state index in [1.165, 1.54) is 30.6 Å². The summed E-state index contributed by atoms with van der Waals surface area (Å²) in [6.07, 6.45) is 1.27. The lowest BCUT2D eigenvalue weighted by Gasteiger charge is -2.27. The van der Waals surface area contributed by atoms with E-state index in [2.05, 4.69) is 56.7 Å². The molecule has 2 aliphatic rings. The van der Waals surface area contributed by atoms with Crippen LogP contribution in [0.2, 0.25) is 0 Å². The first-order valence-electron chi connectivity index (χ1n) is 9.74. The molecule has 0 saturated carbocycles. The molecule has 1 atom stereocenters. The second-order valence-electron chi connectivity index (χ2n) is 7.38. The minimum absolute atomic E-state index is 0.715. The summed E-state index contributed by atoms with van der Waals surface area (Å²) in [6.45, 7) is 8.85. The summed E-state index contributed by atoms with van der Waals surface area (Å²) in [7, 11) is 4.04. The third-order valence-corrected chi connectivity index (χ3v) is 5.33. The Morgan fingerprint density at radius 2 is 1.92 bits per heavy atom. The number of rotatable bonds is 6. The fourth-order valence-corrected chi connectivity index (χ4v) is 3.72. The Morgan fingerprint density at radius 3 is 2.62 bits per heavy atom. The van der Waals surface area contributed by atoms with Gasteiger partial charge in [0.2, 0.25) is 0 Å². The molecular weight excluding hydrogens is 326 g/mol. The van der Waals surface area contributed by atoms with E-state index in [9.17, 15) is 0 Å². The van der Waals surface area contributed by atoms with Gasteiger partial charge in [-0.25, -0.2) is 0 Å². The zero-order valence-corrected chi connectivity index (χ0v) is 16.2. The summed E-state index contributed by atoms with van der Waals surface area (Å²) in [4.78, 5) is 9.24. The lowest BCUT2D eigenvalue weighted by Crippen LogP contribution is -2.40. The molecule has 1 aromatic rings. The Balaban J connectivity index is 1.49. The van der Waals surface area contributed by atoms with E-state index in [-0.39, 0.29) is 0 Å². The molecule has 1 unspecified atom stereocenters. The van der Waals surface area contributed by atoms with Crippen LogP contribution in [0.5, 0.6) is 0 Å². The highest BCUT2D eigenvalue weighted by Gasteiger charge is 2.19. The molecule has 6 heteroatoms. The molecule has 3 rings (SSSR count). The molecule has 0 radical (unpaired) electrons. The van der Waals surface area contributed by atoms with Crippen molar-refractivity contribution in [3.63, 3.8) is 0 Å². The third-order valence-electron chi connectivity index (χ3n) is 5.33. The quantitative estimate of drug-likeness (QED) is 0.589. The molecule has 0 bridgehead atoms. The van der Waals surface area contributed by atoms with E-state index in [4.69, 9.17) is 4.74 Å².